The lowest BCUT2D eigenvalue weighted by atomic mass is 10.0. The van der Waals surface area contributed by atoms with Gasteiger partial charge < -0.3 is 0 Å². The van der Waals surface area contributed by atoms with Crippen LogP contribution < -0.4 is 0 Å². The van der Waals surface area contributed by atoms with E-state index in [9.17, 15) is 8.78 Å². The van der Waals surface area contributed by atoms with E-state index in [2.05, 4.69) is 0 Å². The first-order chi connectivity index (χ1) is 12.7. The minimum atomic E-state index is -1.03. The second-order valence-corrected chi connectivity index (χ2v) is 6.01. The molecule has 3 rings (SSSR count). The summed E-state index contributed by atoms with van der Waals surface area (Å²) in [5.74, 6) is -0.528. The molecule has 0 unspecified atom stereocenters. The maximum atomic E-state index is 14.3. The van der Waals surface area contributed by atoms with Gasteiger partial charge in [-0.25, -0.2) is 8.78 Å². The van der Waals surface area contributed by atoms with Crippen LogP contribution in [0.25, 0.3) is 12.2 Å². The highest BCUT2D eigenvalue weighted by Gasteiger charge is 2.09. The van der Waals surface area contributed by atoms with Crippen molar-refractivity contribution in [3.63, 3.8) is 0 Å². The fourth-order valence-corrected chi connectivity index (χ4v) is 2.67. The summed E-state index contributed by atoms with van der Waals surface area (Å²) in [4.78, 5) is 0. The summed E-state index contributed by atoms with van der Waals surface area (Å²) < 4.78 is 27.9. The van der Waals surface area contributed by atoms with Crippen molar-refractivity contribution >= 4 is 12.2 Å². The van der Waals surface area contributed by atoms with E-state index in [0.29, 0.717) is 17.5 Å². The molecule has 0 fully saturated rings. The Kier molecular flexibility index (Phi) is 5.56. The Bertz CT molecular complexity index is 938. The Morgan fingerprint density at radius 3 is 2.19 bits per heavy atom. The molecule has 0 saturated carbocycles. The average Bonchev–Trinajstić information content (AvgIpc) is 2.68. The second kappa shape index (κ2) is 8.22. The van der Waals surface area contributed by atoms with Crippen LogP contribution in [0.3, 0.4) is 0 Å². The van der Waals surface area contributed by atoms with Crippen molar-refractivity contribution in [3.05, 3.63) is 106 Å². The van der Waals surface area contributed by atoms with Crippen molar-refractivity contribution < 1.29 is 8.78 Å². The number of benzene rings is 3. The van der Waals surface area contributed by atoms with E-state index >= 15 is 0 Å². The quantitative estimate of drug-likeness (QED) is 0.511. The summed E-state index contributed by atoms with van der Waals surface area (Å²) in [6.07, 6.45) is 2.93. The largest absolute Gasteiger partial charge is 0.242 e. The van der Waals surface area contributed by atoms with Gasteiger partial charge in [-0.1, -0.05) is 72.8 Å². The molecule has 0 spiro atoms. The van der Waals surface area contributed by atoms with Crippen molar-refractivity contribution in [2.75, 3.05) is 0 Å². The van der Waals surface area contributed by atoms with Crippen LogP contribution in [-0.4, -0.2) is 0 Å². The summed E-state index contributed by atoms with van der Waals surface area (Å²) in [5.41, 5.74) is 3.25. The zero-order chi connectivity index (χ0) is 18.4. The molecule has 1 nitrogen and oxygen atoms in total. The van der Waals surface area contributed by atoms with Gasteiger partial charge in [0.25, 0.3) is 0 Å². The van der Waals surface area contributed by atoms with Crippen LogP contribution in [0.4, 0.5) is 8.78 Å². The van der Waals surface area contributed by atoms with Crippen LogP contribution in [0.2, 0.25) is 0 Å². The van der Waals surface area contributed by atoms with Gasteiger partial charge in [-0.3, -0.25) is 0 Å². The number of hydrogen-bond acceptors (Lipinski definition) is 1. The van der Waals surface area contributed by atoms with Gasteiger partial charge in [0.1, 0.15) is 18.1 Å². The number of nitriles is 1. The molecule has 128 valence electrons. The first-order valence-corrected chi connectivity index (χ1v) is 8.31. The average molecular weight is 345 g/mol. The van der Waals surface area contributed by atoms with Crippen LogP contribution in [0, 0.1) is 17.1 Å². The van der Waals surface area contributed by atoms with Gasteiger partial charge in [0.15, 0.2) is 0 Å². The van der Waals surface area contributed by atoms with Gasteiger partial charge in [-0.2, -0.15) is 5.26 Å². The predicted octanol–water partition coefficient (Wildman–Crippen LogP) is 6.12. The molecular formula is C23H17F2N. The Morgan fingerprint density at radius 1 is 0.885 bits per heavy atom. The molecular weight excluding hydrogens is 328 g/mol. The van der Waals surface area contributed by atoms with E-state index < -0.39 is 12.0 Å². The standard InChI is InChI=1S/C23H17F2N/c24-22(20-4-2-1-3-5-20)14-18-9-6-17(7-10-18)8-11-19-12-13-21(16-26)23(25)15-19/h1-13,15,22H,14H2/t22-/m0/s1. The molecule has 26 heavy (non-hydrogen) atoms. The first kappa shape index (κ1) is 17.6. The van der Waals surface area contributed by atoms with Gasteiger partial charge in [-0.15, -0.1) is 0 Å². The second-order valence-electron chi connectivity index (χ2n) is 6.01. The van der Waals surface area contributed by atoms with Crippen LogP contribution in [0.1, 0.15) is 34.0 Å². The lowest BCUT2D eigenvalue weighted by Crippen LogP contribution is -1.96. The summed E-state index contributed by atoms with van der Waals surface area (Å²) in [6, 6.07) is 23.0. The van der Waals surface area contributed by atoms with Crippen molar-refractivity contribution in [3.8, 4) is 6.07 Å². The molecule has 0 aliphatic carbocycles. The maximum absolute atomic E-state index is 14.3. The molecule has 3 aromatic rings. The normalized spacial score (nSPS) is 12.0. The summed E-state index contributed by atoms with van der Waals surface area (Å²) in [6.45, 7) is 0. The summed E-state index contributed by atoms with van der Waals surface area (Å²) in [7, 11) is 0. The molecule has 0 amide bonds. The van der Waals surface area contributed by atoms with Crippen LogP contribution in [-0.2, 0) is 6.42 Å². The number of nitrogens with zero attached hydrogens (tertiary/aromatic N) is 1. The highest BCUT2D eigenvalue weighted by atomic mass is 19.1. The van der Waals surface area contributed by atoms with Gasteiger partial charge in [-0.05, 0) is 34.4 Å². The van der Waals surface area contributed by atoms with E-state index in [-0.39, 0.29) is 5.56 Å². The van der Waals surface area contributed by atoms with Gasteiger partial charge >= 0.3 is 0 Å². The minimum absolute atomic E-state index is 0.0331. The predicted molar refractivity (Wildman–Crippen MR) is 100 cm³/mol. The van der Waals surface area contributed by atoms with Crippen molar-refractivity contribution in [2.24, 2.45) is 0 Å². The van der Waals surface area contributed by atoms with Gasteiger partial charge in [0, 0.05) is 6.42 Å². The molecule has 0 aliphatic heterocycles. The Labute approximate surface area is 151 Å². The van der Waals surface area contributed by atoms with E-state index in [4.69, 9.17) is 5.26 Å². The smallest absolute Gasteiger partial charge is 0.141 e. The molecule has 0 bridgehead atoms. The van der Waals surface area contributed by atoms with E-state index in [1.165, 1.54) is 12.1 Å². The van der Waals surface area contributed by atoms with Crippen molar-refractivity contribution in [2.45, 2.75) is 12.6 Å². The number of hydrogen-bond donors (Lipinski definition) is 0. The van der Waals surface area contributed by atoms with Crippen molar-refractivity contribution in [1.82, 2.24) is 0 Å². The lowest BCUT2D eigenvalue weighted by Gasteiger charge is -2.08. The van der Waals surface area contributed by atoms with Crippen LogP contribution >= 0.6 is 0 Å². The van der Waals surface area contributed by atoms with E-state index in [1.807, 2.05) is 48.5 Å². The molecule has 0 aliphatic rings. The molecule has 3 aromatic carbocycles. The molecule has 0 radical (unpaired) electrons. The molecule has 0 aromatic heterocycles. The van der Waals surface area contributed by atoms with E-state index in [1.54, 1.807) is 30.3 Å². The Balaban J connectivity index is 1.66. The number of alkyl halides is 1. The van der Waals surface area contributed by atoms with Gasteiger partial charge in [0.05, 0.1) is 5.56 Å². The molecule has 0 saturated heterocycles. The van der Waals surface area contributed by atoms with Crippen LogP contribution in [0.5, 0.6) is 0 Å². The summed E-state index contributed by atoms with van der Waals surface area (Å²) >= 11 is 0. The highest BCUT2D eigenvalue weighted by molar-refractivity contribution is 5.70. The first-order valence-electron chi connectivity index (χ1n) is 8.31. The third kappa shape index (κ3) is 4.43. The third-order valence-corrected chi connectivity index (χ3v) is 4.14. The monoisotopic (exact) mass is 345 g/mol. The molecule has 3 heteroatoms. The minimum Gasteiger partial charge on any atom is -0.242 e. The summed E-state index contributed by atoms with van der Waals surface area (Å²) in [5, 5.41) is 8.74. The molecule has 1 atom stereocenters. The SMILES string of the molecule is N#Cc1ccc(C=Cc2ccc(C[C@H](F)c3ccccc3)cc2)cc1F. The van der Waals surface area contributed by atoms with Gasteiger partial charge in [0.2, 0.25) is 0 Å². The Hall–Kier alpha value is -3.25. The topological polar surface area (TPSA) is 23.8 Å². The molecule has 0 N–H and O–H groups in total. The molecule has 0 heterocycles. The number of halogens is 2. The zero-order valence-electron chi connectivity index (χ0n) is 14.1. The highest BCUT2D eigenvalue weighted by Crippen LogP contribution is 2.22. The Morgan fingerprint density at radius 2 is 1.54 bits per heavy atom. The fraction of sp³-hybridized carbons (Fsp3) is 0.0870. The van der Waals surface area contributed by atoms with Crippen LogP contribution in [0.15, 0.2) is 72.8 Å². The third-order valence-electron chi connectivity index (χ3n) is 4.14. The van der Waals surface area contributed by atoms with E-state index in [0.717, 1.165) is 11.1 Å². The zero-order valence-corrected chi connectivity index (χ0v) is 14.1. The maximum Gasteiger partial charge on any atom is 0.141 e. The van der Waals surface area contributed by atoms with Crippen molar-refractivity contribution in [1.29, 1.82) is 5.26 Å². The fourth-order valence-electron chi connectivity index (χ4n) is 2.67. The number of rotatable bonds is 5. The lowest BCUT2D eigenvalue weighted by molar-refractivity contribution is 0.342.